The molecular formula is C15H23FN3O2S2+. The second-order valence-electron chi connectivity index (χ2n) is 6.14. The third-order valence-electron chi connectivity index (χ3n) is 3.86. The summed E-state index contributed by atoms with van der Waals surface area (Å²) in [6, 6.07) is 5.85. The Balaban J connectivity index is 2.09. The van der Waals surface area contributed by atoms with E-state index in [1.807, 2.05) is 19.0 Å². The van der Waals surface area contributed by atoms with Gasteiger partial charge >= 0.3 is 0 Å². The Morgan fingerprint density at radius 1 is 1.39 bits per heavy atom. The average Bonchev–Trinajstić information content (AvgIpc) is 2.81. The highest BCUT2D eigenvalue weighted by Gasteiger charge is 2.33. The summed E-state index contributed by atoms with van der Waals surface area (Å²) < 4.78 is 36.5. The van der Waals surface area contributed by atoms with Gasteiger partial charge in [-0.2, -0.15) is 0 Å². The molecule has 1 aromatic carbocycles. The molecule has 0 saturated carbocycles. The molecular weight excluding hydrogens is 337 g/mol. The van der Waals surface area contributed by atoms with Crippen LogP contribution in [-0.4, -0.2) is 63.2 Å². The van der Waals surface area contributed by atoms with Crippen molar-refractivity contribution < 1.29 is 17.7 Å². The highest BCUT2D eigenvalue weighted by Crippen LogP contribution is 2.19. The van der Waals surface area contributed by atoms with Crippen LogP contribution in [0.25, 0.3) is 0 Å². The number of anilines is 1. The van der Waals surface area contributed by atoms with Crippen LogP contribution in [0.1, 0.15) is 6.42 Å². The molecule has 1 fully saturated rings. The number of benzene rings is 1. The maximum Gasteiger partial charge on any atom is 0.173 e. The molecule has 0 aromatic heterocycles. The number of sulfone groups is 1. The first-order valence-electron chi connectivity index (χ1n) is 7.59. The summed E-state index contributed by atoms with van der Waals surface area (Å²) in [5.41, 5.74) is 0.694. The molecule has 1 aliphatic heterocycles. The van der Waals surface area contributed by atoms with E-state index >= 15 is 0 Å². The van der Waals surface area contributed by atoms with E-state index in [0.717, 1.165) is 6.54 Å². The van der Waals surface area contributed by atoms with Crippen LogP contribution in [0.4, 0.5) is 10.1 Å². The van der Waals surface area contributed by atoms with Gasteiger partial charge in [-0.3, -0.25) is 0 Å². The first-order chi connectivity index (χ1) is 10.8. The highest BCUT2D eigenvalue weighted by molar-refractivity contribution is 7.91. The van der Waals surface area contributed by atoms with E-state index in [2.05, 4.69) is 5.32 Å². The number of thiocarbonyl (C=S) groups is 1. The Morgan fingerprint density at radius 3 is 2.57 bits per heavy atom. The van der Waals surface area contributed by atoms with Crippen molar-refractivity contribution in [2.24, 2.45) is 0 Å². The number of rotatable bonds is 5. The van der Waals surface area contributed by atoms with Crippen LogP contribution in [0.3, 0.4) is 0 Å². The summed E-state index contributed by atoms with van der Waals surface area (Å²) in [6.45, 7) is 1.53. The van der Waals surface area contributed by atoms with Crippen LogP contribution >= 0.6 is 12.2 Å². The van der Waals surface area contributed by atoms with Crippen molar-refractivity contribution in [1.82, 2.24) is 4.90 Å². The van der Waals surface area contributed by atoms with Crippen LogP contribution in [0.2, 0.25) is 0 Å². The van der Waals surface area contributed by atoms with Crippen molar-refractivity contribution in [3.05, 3.63) is 30.1 Å². The number of halogens is 1. The molecule has 8 heteroatoms. The lowest BCUT2D eigenvalue weighted by Crippen LogP contribution is -3.06. The molecule has 2 rings (SSSR count). The first kappa shape index (κ1) is 18.1. The van der Waals surface area contributed by atoms with Crippen molar-refractivity contribution in [2.45, 2.75) is 12.5 Å². The van der Waals surface area contributed by atoms with Crippen LogP contribution in [0.5, 0.6) is 0 Å². The second kappa shape index (κ2) is 7.55. The first-order valence-corrected chi connectivity index (χ1v) is 9.82. The zero-order chi connectivity index (χ0) is 17.0. The molecule has 0 radical (unpaired) electrons. The monoisotopic (exact) mass is 360 g/mol. The summed E-state index contributed by atoms with van der Waals surface area (Å²) in [4.78, 5) is 3.22. The van der Waals surface area contributed by atoms with Crippen molar-refractivity contribution in [2.75, 3.05) is 44.0 Å². The predicted molar refractivity (Wildman–Crippen MR) is 94.1 cm³/mol. The van der Waals surface area contributed by atoms with Gasteiger partial charge in [0.05, 0.1) is 38.7 Å². The van der Waals surface area contributed by atoms with Crippen molar-refractivity contribution in [3.8, 4) is 0 Å². The summed E-state index contributed by atoms with van der Waals surface area (Å²) in [5.74, 6) is 0.0415. The Morgan fingerprint density at radius 2 is 2.04 bits per heavy atom. The Labute approximate surface area is 142 Å². The minimum absolute atomic E-state index is 0.0974. The van der Waals surface area contributed by atoms with E-state index in [9.17, 15) is 12.8 Å². The highest BCUT2D eigenvalue weighted by atomic mass is 32.2. The number of hydrogen-bond donors (Lipinski definition) is 2. The average molecular weight is 361 g/mol. The summed E-state index contributed by atoms with van der Waals surface area (Å²) in [7, 11) is 1.11. The van der Waals surface area contributed by atoms with E-state index in [1.165, 1.54) is 17.0 Å². The SMILES string of the molecule is C[NH+](C)CCN(C(=S)Nc1ccc(F)cc1)[C@H]1CCS(=O)(=O)C1. The molecule has 23 heavy (non-hydrogen) atoms. The van der Waals surface area contributed by atoms with Gasteiger partial charge < -0.3 is 15.1 Å². The molecule has 1 heterocycles. The molecule has 1 aromatic rings. The maximum atomic E-state index is 13.0. The van der Waals surface area contributed by atoms with Gasteiger partial charge in [0.25, 0.3) is 0 Å². The Hall–Kier alpha value is -1.25. The molecule has 0 aliphatic carbocycles. The molecule has 0 spiro atoms. The van der Waals surface area contributed by atoms with Gasteiger partial charge in [-0.25, -0.2) is 12.8 Å². The van der Waals surface area contributed by atoms with Gasteiger partial charge in [-0.05, 0) is 42.9 Å². The van der Waals surface area contributed by atoms with E-state index < -0.39 is 9.84 Å². The lowest BCUT2D eigenvalue weighted by molar-refractivity contribution is -0.857. The fourth-order valence-corrected chi connectivity index (χ4v) is 4.63. The van der Waals surface area contributed by atoms with Crippen LogP contribution in [0, 0.1) is 5.82 Å². The fraction of sp³-hybridized carbons (Fsp3) is 0.533. The molecule has 0 unspecified atom stereocenters. The quantitative estimate of drug-likeness (QED) is 0.733. The fourth-order valence-electron chi connectivity index (χ4n) is 2.54. The van der Waals surface area contributed by atoms with Crippen molar-refractivity contribution in [3.63, 3.8) is 0 Å². The summed E-state index contributed by atoms with van der Waals surface area (Å²) in [5, 5.41) is 3.57. The number of nitrogens with zero attached hydrogens (tertiary/aromatic N) is 1. The number of quaternary nitrogens is 1. The normalized spacial score (nSPS) is 19.7. The largest absolute Gasteiger partial charge is 0.339 e. The van der Waals surface area contributed by atoms with Gasteiger partial charge in [0, 0.05) is 11.7 Å². The van der Waals surface area contributed by atoms with Gasteiger partial charge in [0.2, 0.25) is 0 Å². The smallest absolute Gasteiger partial charge is 0.173 e. The summed E-state index contributed by atoms with van der Waals surface area (Å²) in [6.07, 6.45) is 0.594. The molecule has 0 amide bonds. The van der Waals surface area contributed by atoms with E-state index in [-0.39, 0.29) is 23.4 Å². The third-order valence-corrected chi connectivity index (χ3v) is 5.95. The summed E-state index contributed by atoms with van der Waals surface area (Å²) >= 11 is 5.47. The molecule has 1 aliphatic rings. The third kappa shape index (κ3) is 5.40. The molecule has 2 N–H and O–H groups in total. The molecule has 5 nitrogen and oxygen atoms in total. The lowest BCUT2D eigenvalue weighted by Gasteiger charge is -2.31. The van der Waals surface area contributed by atoms with E-state index in [0.29, 0.717) is 23.8 Å². The zero-order valence-corrected chi connectivity index (χ0v) is 15.0. The van der Waals surface area contributed by atoms with E-state index in [4.69, 9.17) is 12.2 Å². The second-order valence-corrected chi connectivity index (χ2v) is 8.76. The van der Waals surface area contributed by atoms with E-state index in [1.54, 1.807) is 12.1 Å². The molecule has 0 bridgehead atoms. The van der Waals surface area contributed by atoms with Gasteiger partial charge in [0.1, 0.15) is 5.82 Å². The van der Waals surface area contributed by atoms with Crippen molar-refractivity contribution in [1.29, 1.82) is 0 Å². The zero-order valence-electron chi connectivity index (χ0n) is 13.4. The van der Waals surface area contributed by atoms with Gasteiger partial charge in [0.15, 0.2) is 14.9 Å². The van der Waals surface area contributed by atoms with Crippen LogP contribution < -0.4 is 10.2 Å². The van der Waals surface area contributed by atoms with Gasteiger partial charge in [-0.15, -0.1) is 0 Å². The number of hydrogen-bond acceptors (Lipinski definition) is 3. The number of likely N-dealkylation sites (N-methyl/N-ethyl adjacent to an activating group) is 1. The minimum atomic E-state index is -2.98. The lowest BCUT2D eigenvalue weighted by atomic mass is 10.2. The molecule has 128 valence electrons. The Kier molecular flexibility index (Phi) is 5.94. The standard InChI is InChI=1S/C15H22FN3O2S2/c1-18(2)8-9-19(14-7-10-23(20,21)11-14)15(22)17-13-5-3-12(16)4-6-13/h3-6,14H,7-11H2,1-2H3,(H,17,22)/p+1/t14-/m0/s1. The van der Waals surface area contributed by atoms with Crippen LogP contribution in [-0.2, 0) is 9.84 Å². The topological polar surface area (TPSA) is 53.9 Å². The van der Waals surface area contributed by atoms with Gasteiger partial charge in [-0.1, -0.05) is 0 Å². The Bertz CT molecular complexity index is 647. The van der Waals surface area contributed by atoms with Crippen LogP contribution in [0.15, 0.2) is 24.3 Å². The molecule has 1 saturated heterocycles. The number of nitrogens with one attached hydrogen (secondary N) is 2. The molecule has 1 atom stereocenters. The minimum Gasteiger partial charge on any atom is -0.339 e. The van der Waals surface area contributed by atoms with Crippen molar-refractivity contribution >= 4 is 32.9 Å². The predicted octanol–water partition coefficient (Wildman–Crippen LogP) is 0.156. The maximum absolute atomic E-state index is 13.0.